The Morgan fingerprint density at radius 1 is 1.43 bits per heavy atom. The maximum absolute atomic E-state index is 13.2. The minimum atomic E-state index is -2.86. The molecule has 0 aliphatic carbocycles. The van der Waals surface area contributed by atoms with E-state index < -0.39 is 30.0 Å². The Morgan fingerprint density at radius 2 is 2.05 bits per heavy atom. The number of carboxylic acid groups (broad SMARTS) is 1. The van der Waals surface area contributed by atoms with Crippen LogP contribution in [0.3, 0.4) is 0 Å². The molecule has 1 unspecified atom stereocenters. The minimum absolute atomic E-state index is 0.0840. The quantitative estimate of drug-likeness (QED) is 0.807. The van der Waals surface area contributed by atoms with E-state index in [1.54, 1.807) is 6.92 Å². The van der Waals surface area contributed by atoms with Gasteiger partial charge in [-0.25, -0.2) is 13.6 Å². The van der Waals surface area contributed by atoms with E-state index in [2.05, 4.69) is 10.4 Å². The Bertz CT molecular complexity index is 515. The molecule has 6 nitrogen and oxygen atoms in total. The Hall–Kier alpha value is -1.99. The molecule has 0 spiro atoms. The highest BCUT2D eigenvalue weighted by atomic mass is 19.3. The largest absolute Gasteiger partial charge is 0.480 e. The first kappa shape index (κ1) is 17.1. The molecule has 8 heteroatoms. The molecule has 1 aromatic heterocycles. The molecule has 0 saturated carbocycles. The summed E-state index contributed by atoms with van der Waals surface area (Å²) in [4.78, 5) is 22.9. The molecule has 118 valence electrons. The molecule has 2 N–H and O–H groups in total. The van der Waals surface area contributed by atoms with Gasteiger partial charge in [0.25, 0.3) is 12.3 Å². The van der Waals surface area contributed by atoms with E-state index in [0.717, 1.165) is 10.9 Å². The first-order valence-corrected chi connectivity index (χ1v) is 6.65. The number of alkyl halides is 2. The van der Waals surface area contributed by atoms with Gasteiger partial charge in [-0.2, -0.15) is 5.10 Å². The van der Waals surface area contributed by atoms with Gasteiger partial charge in [-0.05, 0) is 12.3 Å². The highest BCUT2D eigenvalue weighted by Gasteiger charge is 2.27. The van der Waals surface area contributed by atoms with E-state index in [9.17, 15) is 18.4 Å². The zero-order valence-electron chi connectivity index (χ0n) is 12.1. The van der Waals surface area contributed by atoms with Crippen molar-refractivity contribution in [2.24, 2.45) is 5.92 Å². The molecule has 1 rings (SSSR count). The van der Waals surface area contributed by atoms with Crippen molar-refractivity contribution in [3.05, 3.63) is 17.5 Å². The van der Waals surface area contributed by atoms with Gasteiger partial charge in [0.2, 0.25) is 0 Å². The van der Waals surface area contributed by atoms with Crippen molar-refractivity contribution in [2.45, 2.75) is 46.2 Å². The summed E-state index contributed by atoms with van der Waals surface area (Å²) >= 11 is 0. The van der Waals surface area contributed by atoms with Crippen molar-refractivity contribution in [1.82, 2.24) is 15.1 Å². The van der Waals surface area contributed by atoms with Crippen LogP contribution < -0.4 is 5.32 Å². The summed E-state index contributed by atoms with van der Waals surface area (Å²) in [6.07, 6.45) is -1.66. The minimum Gasteiger partial charge on any atom is -0.480 e. The van der Waals surface area contributed by atoms with Crippen LogP contribution in [0, 0.1) is 5.92 Å². The summed E-state index contributed by atoms with van der Waals surface area (Å²) in [6, 6.07) is -1.11. The van der Waals surface area contributed by atoms with E-state index in [4.69, 9.17) is 5.11 Å². The van der Waals surface area contributed by atoms with Gasteiger partial charge in [-0.3, -0.25) is 9.48 Å². The normalized spacial score (nSPS) is 12.7. The van der Waals surface area contributed by atoms with Crippen molar-refractivity contribution >= 4 is 11.9 Å². The average Bonchev–Trinajstić information content (AvgIpc) is 2.78. The van der Waals surface area contributed by atoms with Gasteiger partial charge >= 0.3 is 5.97 Å². The van der Waals surface area contributed by atoms with Crippen LogP contribution in [0.2, 0.25) is 0 Å². The van der Waals surface area contributed by atoms with Crippen molar-refractivity contribution in [3.8, 4) is 0 Å². The lowest BCUT2D eigenvalue weighted by atomic mass is 10.1. The molecule has 0 aliphatic rings. The fourth-order valence-electron chi connectivity index (χ4n) is 1.87. The predicted molar refractivity (Wildman–Crippen MR) is 71.2 cm³/mol. The van der Waals surface area contributed by atoms with Crippen molar-refractivity contribution in [1.29, 1.82) is 0 Å². The van der Waals surface area contributed by atoms with Crippen molar-refractivity contribution < 1.29 is 23.5 Å². The number of halogens is 2. The standard InChI is InChI=1S/C13H19F2N3O3/c1-4-9(13(20)21)17-12(19)8-5-16-18(6-7(2)3)10(8)11(14)15/h5,7,9,11H,4,6H2,1-3H3,(H,17,19)(H,20,21). The molecule has 1 atom stereocenters. The highest BCUT2D eigenvalue weighted by molar-refractivity contribution is 5.97. The number of nitrogens with zero attached hydrogens (tertiary/aromatic N) is 2. The second-order valence-electron chi connectivity index (χ2n) is 5.09. The van der Waals surface area contributed by atoms with Crippen LogP contribution in [0.1, 0.15) is 49.7 Å². The van der Waals surface area contributed by atoms with E-state index in [1.807, 2.05) is 13.8 Å². The van der Waals surface area contributed by atoms with E-state index in [1.165, 1.54) is 0 Å². The fourth-order valence-corrected chi connectivity index (χ4v) is 1.87. The number of aromatic nitrogens is 2. The Balaban J connectivity index is 3.04. The Morgan fingerprint density at radius 3 is 2.48 bits per heavy atom. The molecule has 0 aliphatic heterocycles. The van der Waals surface area contributed by atoms with E-state index >= 15 is 0 Å². The third-order valence-corrected chi connectivity index (χ3v) is 2.88. The number of hydrogen-bond donors (Lipinski definition) is 2. The lowest BCUT2D eigenvalue weighted by Gasteiger charge is -2.13. The SMILES string of the molecule is CCC(NC(=O)c1cnn(CC(C)C)c1C(F)F)C(=O)O. The fraction of sp³-hybridized carbons (Fsp3) is 0.615. The maximum Gasteiger partial charge on any atom is 0.326 e. The number of carboxylic acids is 1. The van der Waals surface area contributed by atoms with Crippen LogP contribution in [0.4, 0.5) is 8.78 Å². The molecule has 21 heavy (non-hydrogen) atoms. The van der Waals surface area contributed by atoms with Crippen LogP contribution in [0.5, 0.6) is 0 Å². The van der Waals surface area contributed by atoms with Gasteiger partial charge in [0.05, 0.1) is 11.8 Å². The van der Waals surface area contributed by atoms with Gasteiger partial charge in [0, 0.05) is 6.54 Å². The molecule has 0 saturated heterocycles. The Kier molecular flexibility index (Phi) is 5.80. The number of aliphatic carboxylic acids is 1. The molecule has 0 fully saturated rings. The summed E-state index contributed by atoms with van der Waals surface area (Å²) in [5.41, 5.74) is -0.771. The topological polar surface area (TPSA) is 84.2 Å². The van der Waals surface area contributed by atoms with E-state index in [0.29, 0.717) is 0 Å². The van der Waals surface area contributed by atoms with Crippen molar-refractivity contribution in [2.75, 3.05) is 0 Å². The third kappa shape index (κ3) is 4.24. The van der Waals surface area contributed by atoms with Gasteiger partial charge in [0.15, 0.2) is 0 Å². The second-order valence-corrected chi connectivity index (χ2v) is 5.09. The van der Waals surface area contributed by atoms with Gasteiger partial charge in [-0.15, -0.1) is 0 Å². The number of carbonyl (C=O) groups excluding carboxylic acids is 1. The molecule has 0 aromatic carbocycles. The number of hydrogen-bond acceptors (Lipinski definition) is 3. The first-order valence-electron chi connectivity index (χ1n) is 6.65. The molecular weight excluding hydrogens is 284 g/mol. The predicted octanol–water partition coefficient (Wildman–Crippen LogP) is 2.07. The first-order chi connectivity index (χ1) is 9.77. The summed E-state index contributed by atoms with van der Waals surface area (Å²) < 4.78 is 27.4. The van der Waals surface area contributed by atoms with Crippen LogP contribution in [0.25, 0.3) is 0 Å². The molecule has 0 radical (unpaired) electrons. The van der Waals surface area contributed by atoms with Crippen LogP contribution in [0.15, 0.2) is 6.20 Å². The molecule has 1 aromatic rings. The molecule has 1 amide bonds. The second kappa shape index (κ2) is 7.14. The number of nitrogens with one attached hydrogen (secondary N) is 1. The molecular formula is C13H19F2N3O3. The van der Waals surface area contributed by atoms with Gasteiger partial charge in [-0.1, -0.05) is 20.8 Å². The van der Waals surface area contributed by atoms with Gasteiger partial charge < -0.3 is 10.4 Å². The third-order valence-electron chi connectivity index (χ3n) is 2.88. The molecule has 0 bridgehead atoms. The Labute approximate surface area is 121 Å². The van der Waals surface area contributed by atoms with Crippen LogP contribution in [-0.4, -0.2) is 32.8 Å². The summed E-state index contributed by atoms with van der Waals surface area (Å²) in [5.74, 6) is -1.98. The van der Waals surface area contributed by atoms with E-state index in [-0.39, 0.29) is 24.4 Å². The maximum atomic E-state index is 13.2. The van der Waals surface area contributed by atoms with Gasteiger partial charge in [0.1, 0.15) is 11.7 Å². The van der Waals surface area contributed by atoms with Crippen molar-refractivity contribution in [3.63, 3.8) is 0 Å². The zero-order valence-corrected chi connectivity index (χ0v) is 12.1. The lowest BCUT2D eigenvalue weighted by molar-refractivity contribution is -0.139. The lowest BCUT2D eigenvalue weighted by Crippen LogP contribution is -2.40. The van der Waals surface area contributed by atoms with Crippen LogP contribution in [-0.2, 0) is 11.3 Å². The average molecular weight is 303 g/mol. The number of rotatable bonds is 7. The van der Waals surface area contributed by atoms with Crippen LogP contribution >= 0.6 is 0 Å². The zero-order chi connectivity index (χ0) is 16.2. The number of amides is 1. The monoisotopic (exact) mass is 303 g/mol. The highest BCUT2D eigenvalue weighted by Crippen LogP contribution is 2.23. The summed E-state index contributed by atoms with van der Waals surface area (Å²) in [5, 5.41) is 14.9. The smallest absolute Gasteiger partial charge is 0.326 e. The summed E-state index contributed by atoms with van der Waals surface area (Å²) in [6.45, 7) is 5.51. The molecule has 1 heterocycles. The number of carbonyl (C=O) groups is 2. The summed E-state index contributed by atoms with van der Waals surface area (Å²) in [7, 11) is 0.